The molecule has 1 aromatic carbocycles. The molecule has 7 nitrogen and oxygen atoms in total. The van der Waals surface area contributed by atoms with Gasteiger partial charge >= 0.3 is 5.97 Å². The summed E-state index contributed by atoms with van der Waals surface area (Å²) in [6.45, 7) is 0. The molecule has 0 spiro atoms. The van der Waals surface area contributed by atoms with Crippen LogP contribution in [0, 0.1) is 15.9 Å². The summed E-state index contributed by atoms with van der Waals surface area (Å²) < 4.78 is 18.4. The molecule has 1 aromatic heterocycles. The average Bonchev–Trinajstić information content (AvgIpc) is 2.38. The van der Waals surface area contributed by atoms with Gasteiger partial charge in [-0.2, -0.15) is 0 Å². The van der Waals surface area contributed by atoms with Crippen LogP contribution in [0.25, 0.3) is 0 Å². The maximum atomic E-state index is 13.2. The first-order chi connectivity index (χ1) is 9.45. The van der Waals surface area contributed by atoms with Gasteiger partial charge in [0, 0.05) is 12.3 Å². The fraction of sp³-hybridized carbons (Fsp3) is 0. The van der Waals surface area contributed by atoms with E-state index in [0.717, 1.165) is 24.4 Å². The quantitative estimate of drug-likeness (QED) is 0.681. The van der Waals surface area contributed by atoms with Crippen molar-refractivity contribution in [1.82, 2.24) is 4.98 Å². The molecule has 20 heavy (non-hydrogen) atoms. The molecule has 2 rings (SSSR count). The molecule has 0 fully saturated rings. The second-order valence-electron chi connectivity index (χ2n) is 3.72. The molecule has 102 valence electrons. The van der Waals surface area contributed by atoms with E-state index < -0.39 is 22.4 Å². The first-order valence-corrected chi connectivity index (χ1v) is 5.27. The zero-order valence-electron chi connectivity index (χ0n) is 9.82. The zero-order valence-corrected chi connectivity index (χ0v) is 9.82. The van der Waals surface area contributed by atoms with Gasteiger partial charge in [0.2, 0.25) is 0 Å². The van der Waals surface area contributed by atoms with Gasteiger partial charge in [-0.1, -0.05) is 0 Å². The number of non-ortho nitro benzene ring substituents is 1. The summed E-state index contributed by atoms with van der Waals surface area (Å²) in [6.07, 6.45) is 2.33. The largest absolute Gasteiger partial charge is 0.478 e. The highest BCUT2D eigenvalue weighted by atomic mass is 19.1. The van der Waals surface area contributed by atoms with E-state index in [-0.39, 0.29) is 17.1 Å². The summed E-state index contributed by atoms with van der Waals surface area (Å²) in [5, 5.41) is 19.4. The van der Waals surface area contributed by atoms with Gasteiger partial charge in [-0.15, -0.1) is 0 Å². The smallest absolute Gasteiger partial charge is 0.337 e. The standard InChI is InChI=1S/C12H7FN2O5/c13-8-2-9(15(18)19)4-10(3-8)20-11-1-7(12(16)17)5-14-6-11/h1-6H,(H,16,17). The van der Waals surface area contributed by atoms with Gasteiger partial charge < -0.3 is 9.84 Å². The summed E-state index contributed by atoms with van der Waals surface area (Å²) in [4.78, 5) is 24.2. The lowest BCUT2D eigenvalue weighted by atomic mass is 10.2. The normalized spacial score (nSPS) is 10.1. The van der Waals surface area contributed by atoms with E-state index in [9.17, 15) is 19.3 Å². The van der Waals surface area contributed by atoms with Crippen LogP contribution in [-0.2, 0) is 0 Å². The predicted octanol–water partition coefficient (Wildman–Crippen LogP) is 2.62. The van der Waals surface area contributed by atoms with E-state index in [4.69, 9.17) is 9.84 Å². The highest BCUT2D eigenvalue weighted by molar-refractivity contribution is 5.87. The number of aromatic nitrogens is 1. The molecule has 0 saturated heterocycles. The van der Waals surface area contributed by atoms with Gasteiger partial charge in [0.05, 0.1) is 28.8 Å². The number of hydrogen-bond donors (Lipinski definition) is 1. The van der Waals surface area contributed by atoms with Gasteiger partial charge in [-0.25, -0.2) is 9.18 Å². The van der Waals surface area contributed by atoms with E-state index in [1.807, 2.05) is 0 Å². The third-order valence-corrected chi connectivity index (χ3v) is 2.26. The summed E-state index contributed by atoms with van der Waals surface area (Å²) >= 11 is 0. The van der Waals surface area contributed by atoms with E-state index in [1.165, 1.54) is 12.3 Å². The Kier molecular flexibility index (Phi) is 3.56. The van der Waals surface area contributed by atoms with Crippen molar-refractivity contribution >= 4 is 11.7 Å². The molecule has 0 aliphatic carbocycles. The molecular formula is C12H7FN2O5. The third-order valence-electron chi connectivity index (χ3n) is 2.26. The van der Waals surface area contributed by atoms with Crippen molar-refractivity contribution in [3.8, 4) is 11.5 Å². The number of nitro groups is 1. The number of nitrogens with zero attached hydrogens (tertiary/aromatic N) is 2. The van der Waals surface area contributed by atoms with E-state index in [0.29, 0.717) is 0 Å². The monoisotopic (exact) mass is 278 g/mol. The van der Waals surface area contributed by atoms with Crippen molar-refractivity contribution in [2.45, 2.75) is 0 Å². The van der Waals surface area contributed by atoms with Crippen LogP contribution in [0.1, 0.15) is 10.4 Å². The SMILES string of the molecule is O=C(O)c1cncc(Oc2cc(F)cc([N+](=O)[O-])c2)c1. The number of carboxylic acids is 1. The van der Waals surface area contributed by atoms with Gasteiger partial charge in [-0.05, 0) is 6.07 Å². The third kappa shape index (κ3) is 3.05. The van der Waals surface area contributed by atoms with Crippen molar-refractivity contribution in [3.05, 3.63) is 58.2 Å². The molecule has 8 heteroatoms. The number of aromatic carboxylic acids is 1. The molecule has 0 saturated carbocycles. The lowest BCUT2D eigenvalue weighted by Gasteiger charge is -2.06. The van der Waals surface area contributed by atoms with Crippen LogP contribution in [0.2, 0.25) is 0 Å². The second kappa shape index (κ2) is 5.31. The highest BCUT2D eigenvalue weighted by Crippen LogP contribution is 2.26. The van der Waals surface area contributed by atoms with Crippen LogP contribution in [0.5, 0.6) is 11.5 Å². The molecule has 2 aromatic rings. The number of pyridine rings is 1. The Morgan fingerprint density at radius 3 is 2.65 bits per heavy atom. The molecule has 0 bridgehead atoms. The molecule has 0 aliphatic rings. The number of carboxylic acid groups (broad SMARTS) is 1. The second-order valence-corrected chi connectivity index (χ2v) is 3.72. The highest BCUT2D eigenvalue weighted by Gasteiger charge is 2.12. The van der Waals surface area contributed by atoms with Crippen LogP contribution >= 0.6 is 0 Å². The van der Waals surface area contributed by atoms with E-state index in [1.54, 1.807) is 0 Å². The maximum Gasteiger partial charge on any atom is 0.337 e. The predicted molar refractivity (Wildman–Crippen MR) is 64.3 cm³/mol. The fourth-order valence-electron chi connectivity index (χ4n) is 1.44. The topological polar surface area (TPSA) is 103 Å². The van der Waals surface area contributed by atoms with E-state index >= 15 is 0 Å². The summed E-state index contributed by atoms with van der Waals surface area (Å²) in [7, 11) is 0. The first kappa shape index (κ1) is 13.4. The molecule has 0 unspecified atom stereocenters. The summed E-state index contributed by atoms with van der Waals surface area (Å²) in [6, 6.07) is 3.89. The Morgan fingerprint density at radius 2 is 2.00 bits per heavy atom. The number of benzene rings is 1. The van der Waals surface area contributed by atoms with Gasteiger partial charge in [0.15, 0.2) is 0 Å². The molecule has 0 amide bonds. The number of halogens is 1. The molecule has 1 N–H and O–H groups in total. The Bertz CT molecular complexity index is 689. The van der Waals surface area contributed by atoms with Gasteiger partial charge in [-0.3, -0.25) is 15.1 Å². The Balaban J connectivity index is 2.32. The van der Waals surface area contributed by atoms with Crippen LogP contribution in [-0.4, -0.2) is 21.0 Å². The number of rotatable bonds is 4. The Labute approximate surface area is 111 Å². The van der Waals surface area contributed by atoms with Crippen molar-refractivity contribution in [2.75, 3.05) is 0 Å². The van der Waals surface area contributed by atoms with Crippen LogP contribution < -0.4 is 4.74 Å². The number of hydrogen-bond acceptors (Lipinski definition) is 5. The zero-order chi connectivity index (χ0) is 14.7. The maximum absolute atomic E-state index is 13.2. The first-order valence-electron chi connectivity index (χ1n) is 5.27. The average molecular weight is 278 g/mol. The lowest BCUT2D eigenvalue weighted by molar-refractivity contribution is -0.385. The lowest BCUT2D eigenvalue weighted by Crippen LogP contribution is -1.98. The van der Waals surface area contributed by atoms with Crippen LogP contribution in [0.4, 0.5) is 10.1 Å². The minimum atomic E-state index is -1.20. The minimum absolute atomic E-state index is 0.0322. The van der Waals surface area contributed by atoms with Crippen molar-refractivity contribution in [1.29, 1.82) is 0 Å². The van der Waals surface area contributed by atoms with Crippen LogP contribution in [0.3, 0.4) is 0 Å². The number of ether oxygens (including phenoxy) is 1. The van der Waals surface area contributed by atoms with Crippen molar-refractivity contribution in [2.24, 2.45) is 0 Å². The Morgan fingerprint density at radius 1 is 1.25 bits per heavy atom. The summed E-state index contributed by atoms with van der Waals surface area (Å²) in [5.41, 5.74) is -0.587. The molecule has 0 atom stereocenters. The molecule has 0 radical (unpaired) electrons. The van der Waals surface area contributed by atoms with Gasteiger partial charge in [0.1, 0.15) is 17.3 Å². The number of carbonyl (C=O) groups is 1. The van der Waals surface area contributed by atoms with Crippen LogP contribution in [0.15, 0.2) is 36.7 Å². The molecule has 0 aliphatic heterocycles. The van der Waals surface area contributed by atoms with Gasteiger partial charge in [0.25, 0.3) is 5.69 Å². The minimum Gasteiger partial charge on any atom is -0.478 e. The fourth-order valence-corrected chi connectivity index (χ4v) is 1.44. The molecular weight excluding hydrogens is 271 g/mol. The number of nitro benzene ring substituents is 1. The van der Waals surface area contributed by atoms with Crippen molar-refractivity contribution in [3.63, 3.8) is 0 Å². The Hall–Kier alpha value is -3.03. The van der Waals surface area contributed by atoms with E-state index in [2.05, 4.69) is 4.98 Å². The molecule has 1 heterocycles. The summed E-state index contributed by atoms with van der Waals surface area (Å²) in [5.74, 6) is -2.13. The van der Waals surface area contributed by atoms with Crippen molar-refractivity contribution < 1.29 is 24.0 Å².